The lowest BCUT2D eigenvalue weighted by Gasteiger charge is -2.20. The van der Waals surface area contributed by atoms with E-state index in [0.717, 1.165) is 11.4 Å². The number of carbonyl (C=O) groups excluding carboxylic acids is 1. The molecular formula is C14H15N5O4. The Morgan fingerprint density at radius 2 is 2.22 bits per heavy atom. The maximum Gasteiger partial charge on any atom is 0.273 e. The molecule has 1 unspecified atom stereocenters. The van der Waals surface area contributed by atoms with Crippen LogP contribution in [0.5, 0.6) is 5.75 Å². The van der Waals surface area contributed by atoms with Gasteiger partial charge in [0.25, 0.3) is 5.69 Å². The van der Waals surface area contributed by atoms with Crippen LogP contribution in [-0.4, -0.2) is 33.4 Å². The molecule has 0 radical (unpaired) electrons. The van der Waals surface area contributed by atoms with E-state index in [2.05, 4.69) is 20.7 Å². The summed E-state index contributed by atoms with van der Waals surface area (Å²) < 4.78 is 5.12. The summed E-state index contributed by atoms with van der Waals surface area (Å²) in [5.41, 5.74) is 2.04. The number of aryl methyl sites for hydroxylation is 1. The van der Waals surface area contributed by atoms with Crippen LogP contribution in [0.4, 0.5) is 11.4 Å². The molecule has 0 saturated carbocycles. The Morgan fingerprint density at radius 1 is 1.43 bits per heavy atom. The summed E-state index contributed by atoms with van der Waals surface area (Å²) in [4.78, 5) is 22.7. The third kappa shape index (κ3) is 2.98. The highest BCUT2D eigenvalue weighted by Crippen LogP contribution is 2.30. The average molecular weight is 317 g/mol. The molecule has 0 fully saturated rings. The molecule has 1 aromatic carbocycles. The number of hydrogen-bond donors (Lipinski definition) is 2. The molecule has 0 bridgehead atoms. The largest absolute Gasteiger partial charge is 0.494 e. The number of carbonyl (C=O) groups is 1. The summed E-state index contributed by atoms with van der Waals surface area (Å²) in [6, 6.07) is 4.08. The minimum atomic E-state index is -0.513. The van der Waals surface area contributed by atoms with Crippen LogP contribution in [0.25, 0.3) is 0 Å². The van der Waals surface area contributed by atoms with Crippen LogP contribution < -0.4 is 10.1 Å². The van der Waals surface area contributed by atoms with Gasteiger partial charge in [0.05, 0.1) is 35.2 Å². The summed E-state index contributed by atoms with van der Waals surface area (Å²) in [5, 5.41) is 24.2. The number of nitro benzene ring substituents is 1. The van der Waals surface area contributed by atoms with E-state index in [1.54, 1.807) is 0 Å². The number of rotatable bonds is 4. The van der Waals surface area contributed by atoms with Gasteiger partial charge < -0.3 is 10.1 Å². The standard InChI is InChI=1S/C14H15N5O4/c1-23-13-7-9(19(21)22)3-5-11(13)15-14(20)8-2-4-10-12(6-8)17-18-16-10/h3,5,7-8H,2,4,6H2,1H3,(H,15,20)(H,16,17,18). The molecule has 2 aromatic rings. The number of methoxy groups -OCH3 is 1. The summed E-state index contributed by atoms with van der Waals surface area (Å²) in [7, 11) is 1.40. The van der Waals surface area contributed by atoms with E-state index >= 15 is 0 Å². The maximum absolute atomic E-state index is 12.4. The number of non-ortho nitro benzene ring substituents is 1. The normalized spacial score (nSPS) is 16.5. The number of nitrogens with zero attached hydrogens (tertiary/aromatic N) is 3. The van der Waals surface area contributed by atoms with Crippen molar-refractivity contribution < 1.29 is 14.5 Å². The molecule has 0 saturated heterocycles. The molecule has 120 valence electrons. The Balaban J connectivity index is 1.74. The van der Waals surface area contributed by atoms with Crippen molar-refractivity contribution in [2.24, 2.45) is 5.92 Å². The van der Waals surface area contributed by atoms with Crippen molar-refractivity contribution in [1.82, 2.24) is 15.4 Å². The van der Waals surface area contributed by atoms with Gasteiger partial charge in [-0.2, -0.15) is 15.4 Å². The Bertz CT molecular complexity index is 757. The number of anilines is 1. The molecule has 1 amide bonds. The average Bonchev–Trinajstić information content (AvgIpc) is 3.02. The topological polar surface area (TPSA) is 123 Å². The van der Waals surface area contributed by atoms with Crippen LogP contribution in [0.1, 0.15) is 17.8 Å². The molecule has 2 N–H and O–H groups in total. The number of aromatic amines is 1. The summed E-state index contributed by atoms with van der Waals surface area (Å²) in [6.45, 7) is 0. The summed E-state index contributed by atoms with van der Waals surface area (Å²) >= 11 is 0. The first-order valence-electron chi connectivity index (χ1n) is 7.10. The van der Waals surface area contributed by atoms with E-state index < -0.39 is 4.92 Å². The van der Waals surface area contributed by atoms with Crippen LogP contribution in [0.15, 0.2) is 18.2 Å². The Morgan fingerprint density at radius 3 is 2.96 bits per heavy atom. The molecule has 1 heterocycles. The molecule has 9 heteroatoms. The van der Waals surface area contributed by atoms with Crippen LogP contribution in [-0.2, 0) is 17.6 Å². The van der Waals surface area contributed by atoms with Gasteiger partial charge in [0.1, 0.15) is 5.75 Å². The number of H-pyrrole nitrogens is 1. The van der Waals surface area contributed by atoms with E-state index in [0.29, 0.717) is 24.9 Å². The lowest BCUT2D eigenvalue weighted by atomic mass is 9.89. The first kappa shape index (κ1) is 14.9. The fourth-order valence-corrected chi connectivity index (χ4v) is 2.64. The summed E-state index contributed by atoms with van der Waals surface area (Å²) in [5.74, 6) is -0.121. The van der Waals surface area contributed by atoms with E-state index in [4.69, 9.17) is 4.74 Å². The van der Waals surface area contributed by atoms with Crippen molar-refractivity contribution in [2.75, 3.05) is 12.4 Å². The van der Waals surface area contributed by atoms with Gasteiger partial charge >= 0.3 is 0 Å². The Labute approximate surface area is 131 Å². The minimum absolute atomic E-state index is 0.0928. The van der Waals surface area contributed by atoms with Gasteiger partial charge in [-0.3, -0.25) is 14.9 Å². The van der Waals surface area contributed by atoms with Gasteiger partial charge in [0, 0.05) is 18.4 Å². The van der Waals surface area contributed by atoms with Crippen LogP contribution in [0, 0.1) is 16.0 Å². The second-order valence-electron chi connectivity index (χ2n) is 5.29. The molecule has 1 atom stereocenters. The van der Waals surface area contributed by atoms with Gasteiger partial charge in [-0.1, -0.05) is 0 Å². The van der Waals surface area contributed by atoms with Crippen molar-refractivity contribution in [3.63, 3.8) is 0 Å². The Kier molecular flexibility index (Phi) is 3.92. The zero-order valence-electron chi connectivity index (χ0n) is 12.4. The molecule has 1 aliphatic carbocycles. The zero-order valence-corrected chi connectivity index (χ0v) is 12.4. The highest BCUT2D eigenvalue weighted by Gasteiger charge is 2.28. The van der Waals surface area contributed by atoms with Gasteiger partial charge in [-0.05, 0) is 18.9 Å². The summed E-state index contributed by atoms with van der Waals surface area (Å²) in [6.07, 6.45) is 1.90. The third-order valence-corrected chi connectivity index (χ3v) is 3.90. The molecule has 1 aromatic heterocycles. The molecule has 0 spiro atoms. The Hall–Kier alpha value is -2.97. The zero-order chi connectivity index (χ0) is 16.4. The van der Waals surface area contributed by atoms with Crippen molar-refractivity contribution in [2.45, 2.75) is 19.3 Å². The van der Waals surface area contributed by atoms with Gasteiger partial charge in [0.2, 0.25) is 5.91 Å². The fourth-order valence-electron chi connectivity index (χ4n) is 2.64. The van der Waals surface area contributed by atoms with Gasteiger partial charge in [0.15, 0.2) is 0 Å². The number of ether oxygens (including phenoxy) is 1. The molecule has 9 nitrogen and oxygen atoms in total. The molecule has 0 aliphatic heterocycles. The van der Waals surface area contributed by atoms with Crippen molar-refractivity contribution in [3.8, 4) is 5.75 Å². The lowest BCUT2D eigenvalue weighted by molar-refractivity contribution is -0.384. The van der Waals surface area contributed by atoms with Gasteiger partial charge in [-0.15, -0.1) is 0 Å². The van der Waals surface area contributed by atoms with Crippen molar-refractivity contribution >= 4 is 17.3 Å². The number of amides is 1. The van der Waals surface area contributed by atoms with E-state index in [-0.39, 0.29) is 23.3 Å². The number of benzene rings is 1. The molecule has 1 aliphatic rings. The van der Waals surface area contributed by atoms with Gasteiger partial charge in [-0.25, -0.2) is 0 Å². The smallest absolute Gasteiger partial charge is 0.273 e. The van der Waals surface area contributed by atoms with E-state index in [9.17, 15) is 14.9 Å². The first-order chi connectivity index (χ1) is 11.1. The SMILES string of the molecule is COc1cc([N+](=O)[O-])ccc1NC(=O)C1CCc2n[nH]nc2C1. The number of nitrogens with one attached hydrogen (secondary N) is 2. The third-order valence-electron chi connectivity index (χ3n) is 3.90. The van der Waals surface area contributed by atoms with Crippen molar-refractivity contribution in [3.05, 3.63) is 39.7 Å². The highest BCUT2D eigenvalue weighted by atomic mass is 16.6. The number of aromatic nitrogens is 3. The maximum atomic E-state index is 12.4. The molecular weight excluding hydrogens is 302 g/mol. The monoisotopic (exact) mass is 317 g/mol. The quantitative estimate of drug-likeness (QED) is 0.650. The van der Waals surface area contributed by atoms with Crippen LogP contribution in [0.2, 0.25) is 0 Å². The van der Waals surface area contributed by atoms with Crippen molar-refractivity contribution in [1.29, 1.82) is 0 Å². The lowest BCUT2D eigenvalue weighted by Crippen LogP contribution is -2.28. The predicted octanol–water partition coefficient (Wildman–Crippen LogP) is 1.47. The number of hydrogen-bond acceptors (Lipinski definition) is 6. The predicted molar refractivity (Wildman–Crippen MR) is 80.2 cm³/mol. The highest BCUT2D eigenvalue weighted by molar-refractivity contribution is 5.94. The second kappa shape index (κ2) is 6.03. The molecule has 3 rings (SSSR count). The van der Waals surface area contributed by atoms with E-state index in [1.807, 2.05) is 0 Å². The minimum Gasteiger partial charge on any atom is -0.494 e. The molecule has 23 heavy (non-hydrogen) atoms. The van der Waals surface area contributed by atoms with Crippen LogP contribution in [0.3, 0.4) is 0 Å². The first-order valence-corrected chi connectivity index (χ1v) is 7.10. The number of fused-ring (bicyclic) bond motifs is 1. The fraction of sp³-hybridized carbons (Fsp3) is 0.357. The number of nitro groups is 1. The van der Waals surface area contributed by atoms with Crippen LogP contribution >= 0.6 is 0 Å². The van der Waals surface area contributed by atoms with E-state index in [1.165, 1.54) is 25.3 Å². The second-order valence-corrected chi connectivity index (χ2v) is 5.29.